The van der Waals surface area contributed by atoms with Crippen LogP contribution in [0.3, 0.4) is 0 Å². The minimum atomic E-state index is -0.114. The Hall–Kier alpha value is -2.86. The number of benzene rings is 2. The van der Waals surface area contributed by atoms with Crippen LogP contribution in [0.4, 0.5) is 16.2 Å². The summed E-state index contributed by atoms with van der Waals surface area (Å²) in [6.07, 6.45) is 3.46. The predicted molar refractivity (Wildman–Crippen MR) is 113 cm³/mol. The number of hydrogen-bond donors (Lipinski definition) is 1. The number of nitrogens with one attached hydrogen (secondary N) is 1. The van der Waals surface area contributed by atoms with Crippen molar-refractivity contribution in [2.45, 2.75) is 25.7 Å². The van der Waals surface area contributed by atoms with E-state index in [2.05, 4.69) is 11.4 Å². The second kappa shape index (κ2) is 9.09. The first-order valence-electron chi connectivity index (χ1n) is 10.3. The van der Waals surface area contributed by atoms with Gasteiger partial charge in [0.15, 0.2) is 0 Å². The Balaban J connectivity index is 1.38. The Morgan fingerprint density at radius 3 is 2.48 bits per heavy atom. The maximum atomic E-state index is 12.9. The van der Waals surface area contributed by atoms with E-state index in [1.54, 1.807) is 0 Å². The van der Waals surface area contributed by atoms with Gasteiger partial charge < -0.3 is 15.0 Å². The third-order valence-electron chi connectivity index (χ3n) is 5.53. The molecule has 1 saturated heterocycles. The highest BCUT2D eigenvalue weighted by atomic mass is 16.5. The molecule has 3 amide bonds. The standard InChI is InChI=1S/C23H27N3O3/c27-22(25-13-15-29-16-14-25)17-18-8-10-20(11-9-18)24-23(28)26-12-4-3-6-19-5-1-2-7-21(19)26/h1-2,5,7-11H,3-4,6,12-17H2,(H,24,28). The van der Waals surface area contributed by atoms with Gasteiger partial charge in [0, 0.05) is 31.0 Å². The molecule has 2 aromatic rings. The van der Waals surface area contributed by atoms with Crippen LogP contribution in [-0.4, -0.2) is 49.7 Å². The first kappa shape index (κ1) is 19.5. The zero-order valence-corrected chi connectivity index (χ0v) is 16.6. The van der Waals surface area contributed by atoms with Crippen LogP contribution >= 0.6 is 0 Å². The molecule has 152 valence electrons. The van der Waals surface area contributed by atoms with Crippen LogP contribution in [0.5, 0.6) is 0 Å². The number of aryl methyl sites for hydroxylation is 1. The molecule has 1 fully saturated rings. The number of nitrogens with zero attached hydrogens (tertiary/aromatic N) is 2. The van der Waals surface area contributed by atoms with Crippen LogP contribution in [-0.2, 0) is 22.4 Å². The molecule has 0 saturated carbocycles. The zero-order valence-electron chi connectivity index (χ0n) is 16.6. The van der Waals surface area contributed by atoms with E-state index in [9.17, 15) is 9.59 Å². The molecule has 2 aliphatic rings. The summed E-state index contributed by atoms with van der Waals surface area (Å²) in [5, 5.41) is 3.00. The number of para-hydroxylation sites is 1. The number of urea groups is 1. The van der Waals surface area contributed by atoms with Gasteiger partial charge in [0.2, 0.25) is 5.91 Å². The van der Waals surface area contributed by atoms with Crippen molar-refractivity contribution in [1.29, 1.82) is 0 Å². The molecular weight excluding hydrogens is 366 g/mol. The van der Waals surface area contributed by atoms with Crippen LogP contribution < -0.4 is 10.2 Å². The first-order chi connectivity index (χ1) is 14.2. The summed E-state index contributed by atoms with van der Waals surface area (Å²) in [6, 6.07) is 15.5. The summed E-state index contributed by atoms with van der Waals surface area (Å²) < 4.78 is 5.29. The van der Waals surface area contributed by atoms with Gasteiger partial charge in [-0.3, -0.25) is 9.69 Å². The Kier molecular flexibility index (Phi) is 6.10. The lowest BCUT2D eigenvalue weighted by Crippen LogP contribution is -2.41. The number of hydrogen-bond acceptors (Lipinski definition) is 3. The summed E-state index contributed by atoms with van der Waals surface area (Å²) in [6.45, 7) is 3.25. The van der Waals surface area contributed by atoms with E-state index < -0.39 is 0 Å². The maximum Gasteiger partial charge on any atom is 0.326 e. The summed E-state index contributed by atoms with van der Waals surface area (Å²) in [5.74, 6) is 0.117. The quantitative estimate of drug-likeness (QED) is 0.869. The van der Waals surface area contributed by atoms with E-state index in [4.69, 9.17) is 4.74 Å². The molecule has 0 unspecified atom stereocenters. The number of carbonyl (C=O) groups excluding carboxylic acids is 2. The van der Waals surface area contributed by atoms with E-state index in [0.717, 1.165) is 42.7 Å². The Bertz CT molecular complexity index is 860. The van der Waals surface area contributed by atoms with Crippen molar-refractivity contribution in [3.63, 3.8) is 0 Å². The number of amides is 3. The molecule has 0 atom stereocenters. The highest BCUT2D eigenvalue weighted by Crippen LogP contribution is 2.26. The molecule has 1 N–H and O–H groups in total. The zero-order chi connectivity index (χ0) is 20.1. The van der Waals surface area contributed by atoms with E-state index in [-0.39, 0.29) is 11.9 Å². The molecule has 2 aliphatic heterocycles. The number of rotatable bonds is 3. The van der Waals surface area contributed by atoms with Crippen molar-refractivity contribution < 1.29 is 14.3 Å². The average Bonchev–Trinajstić information content (AvgIpc) is 2.98. The van der Waals surface area contributed by atoms with Crippen molar-refractivity contribution in [3.05, 3.63) is 59.7 Å². The molecule has 6 heteroatoms. The highest BCUT2D eigenvalue weighted by Gasteiger charge is 2.21. The van der Waals surface area contributed by atoms with E-state index >= 15 is 0 Å². The smallest absolute Gasteiger partial charge is 0.326 e. The molecule has 0 spiro atoms. The molecule has 0 bridgehead atoms. The van der Waals surface area contributed by atoms with Gasteiger partial charge in [0.25, 0.3) is 0 Å². The maximum absolute atomic E-state index is 12.9. The first-order valence-corrected chi connectivity index (χ1v) is 10.3. The average molecular weight is 393 g/mol. The SMILES string of the molecule is O=C(Cc1ccc(NC(=O)N2CCCCc3ccccc32)cc1)N1CCOCC1. The third kappa shape index (κ3) is 4.77. The minimum absolute atomic E-state index is 0.114. The lowest BCUT2D eigenvalue weighted by Gasteiger charge is -2.27. The van der Waals surface area contributed by atoms with Crippen molar-refractivity contribution in [2.24, 2.45) is 0 Å². The van der Waals surface area contributed by atoms with Crippen molar-refractivity contribution in [3.8, 4) is 0 Å². The van der Waals surface area contributed by atoms with Gasteiger partial charge >= 0.3 is 6.03 Å². The van der Waals surface area contributed by atoms with Crippen molar-refractivity contribution in [2.75, 3.05) is 43.1 Å². The fraction of sp³-hybridized carbons (Fsp3) is 0.391. The second-order valence-electron chi connectivity index (χ2n) is 7.53. The van der Waals surface area contributed by atoms with Crippen LogP contribution in [0.2, 0.25) is 0 Å². The van der Waals surface area contributed by atoms with Gasteiger partial charge in [-0.25, -0.2) is 4.79 Å². The largest absolute Gasteiger partial charge is 0.378 e. The molecule has 0 aliphatic carbocycles. The monoisotopic (exact) mass is 393 g/mol. The molecule has 4 rings (SSSR count). The predicted octanol–water partition coefficient (Wildman–Crippen LogP) is 3.46. The fourth-order valence-corrected chi connectivity index (χ4v) is 3.90. The van der Waals surface area contributed by atoms with Crippen molar-refractivity contribution in [1.82, 2.24) is 4.90 Å². The third-order valence-corrected chi connectivity index (χ3v) is 5.53. The van der Waals surface area contributed by atoms with E-state index in [0.29, 0.717) is 32.7 Å². The fourth-order valence-electron chi connectivity index (χ4n) is 3.90. The molecule has 6 nitrogen and oxygen atoms in total. The van der Waals surface area contributed by atoms with E-state index in [1.165, 1.54) is 5.56 Å². The summed E-state index contributed by atoms with van der Waals surface area (Å²) in [4.78, 5) is 28.9. The molecule has 0 aromatic heterocycles. The van der Waals surface area contributed by atoms with Gasteiger partial charge in [-0.15, -0.1) is 0 Å². The number of carbonyl (C=O) groups is 2. The van der Waals surface area contributed by atoms with Crippen LogP contribution in [0, 0.1) is 0 Å². The Labute approximate surface area is 171 Å². The second-order valence-corrected chi connectivity index (χ2v) is 7.53. The molecule has 2 aromatic carbocycles. The van der Waals surface area contributed by atoms with Gasteiger partial charge in [-0.2, -0.15) is 0 Å². The van der Waals surface area contributed by atoms with Gasteiger partial charge in [0.1, 0.15) is 0 Å². The van der Waals surface area contributed by atoms with Crippen LogP contribution in [0.15, 0.2) is 48.5 Å². The molecular formula is C23H27N3O3. The van der Waals surface area contributed by atoms with Crippen molar-refractivity contribution >= 4 is 23.3 Å². The van der Waals surface area contributed by atoms with Crippen LogP contribution in [0.1, 0.15) is 24.0 Å². The lowest BCUT2D eigenvalue weighted by molar-refractivity contribution is -0.134. The Morgan fingerprint density at radius 2 is 1.69 bits per heavy atom. The lowest BCUT2D eigenvalue weighted by atomic mass is 10.1. The summed E-state index contributed by atoms with van der Waals surface area (Å²) >= 11 is 0. The highest BCUT2D eigenvalue weighted by molar-refractivity contribution is 6.02. The number of ether oxygens (including phenoxy) is 1. The minimum Gasteiger partial charge on any atom is -0.378 e. The Morgan fingerprint density at radius 1 is 0.931 bits per heavy atom. The number of morpholine rings is 1. The van der Waals surface area contributed by atoms with Crippen LogP contribution in [0.25, 0.3) is 0 Å². The number of fused-ring (bicyclic) bond motifs is 1. The summed E-state index contributed by atoms with van der Waals surface area (Å²) in [7, 11) is 0. The molecule has 2 heterocycles. The van der Waals surface area contributed by atoms with Gasteiger partial charge in [0.05, 0.1) is 19.6 Å². The van der Waals surface area contributed by atoms with Gasteiger partial charge in [-0.1, -0.05) is 30.3 Å². The number of anilines is 2. The molecule has 0 radical (unpaired) electrons. The normalized spacial score (nSPS) is 16.7. The summed E-state index contributed by atoms with van der Waals surface area (Å²) in [5.41, 5.74) is 3.89. The van der Waals surface area contributed by atoms with Gasteiger partial charge in [-0.05, 0) is 48.6 Å². The van der Waals surface area contributed by atoms with E-state index in [1.807, 2.05) is 52.3 Å². The molecule has 29 heavy (non-hydrogen) atoms. The topological polar surface area (TPSA) is 61.9 Å².